The summed E-state index contributed by atoms with van der Waals surface area (Å²) in [6.07, 6.45) is 1.64. The minimum atomic E-state index is 0.595. The van der Waals surface area contributed by atoms with Gasteiger partial charge in [-0.3, -0.25) is 0 Å². The molecular weight excluding hydrogens is 288 g/mol. The molecule has 0 saturated carbocycles. The standard InChI is InChI=1S/C14H20N4S2/c1-3-11-12(7-15)14(18-17-13(11)4-2)16-8-10-9-19-5-6-20-10/h10H,3-6,8-9H2,1-2H3,(H,16,18). The molecule has 1 aromatic rings. The molecule has 1 saturated heterocycles. The molecule has 108 valence electrons. The normalized spacial score (nSPS) is 18.6. The molecule has 1 aliphatic rings. The molecule has 0 amide bonds. The summed E-state index contributed by atoms with van der Waals surface area (Å²) in [5.74, 6) is 4.27. The fourth-order valence-electron chi connectivity index (χ4n) is 2.28. The Kier molecular flexibility index (Phi) is 5.99. The molecule has 1 aromatic heterocycles. The zero-order valence-electron chi connectivity index (χ0n) is 12.0. The van der Waals surface area contributed by atoms with Crippen LogP contribution in [0.1, 0.15) is 30.7 Å². The van der Waals surface area contributed by atoms with Crippen LogP contribution in [0.15, 0.2) is 0 Å². The van der Waals surface area contributed by atoms with Gasteiger partial charge in [-0.2, -0.15) is 33.9 Å². The smallest absolute Gasteiger partial charge is 0.166 e. The van der Waals surface area contributed by atoms with Crippen LogP contribution in [0.2, 0.25) is 0 Å². The van der Waals surface area contributed by atoms with E-state index in [4.69, 9.17) is 0 Å². The Hall–Kier alpha value is -0.930. The summed E-state index contributed by atoms with van der Waals surface area (Å²) < 4.78 is 0. The van der Waals surface area contributed by atoms with Crippen LogP contribution in [0.3, 0.4) is 0 Å². The van der Waals surface area contributed by atoms with E-state index in [0.717, 1.165) is 30.6 Å². The number of rotatable bonds is 5. The summed E-state index contributed by atoms with van der Waals surface area (Å²) >= 11 is 4.00. The fourth-order valence-corrected chi connectivity index (χ4v) is 4.89. The molecule has 0 spiro atoms. The molecule has 0 bridgehead atoms. The first-order valence-corrected chi connectivity index (χ1v) is 9.22. The van der Waals surface area contributed by atoms with Crippen LogP contribution in [-0.4, -0.2) is 39.3 Å². The number of hydrogen-bond acceptors (Lipinski definition) is 6. The van der Waals surface area contributed by atoms with Gasteiger partial charge in [0.05, 0.1) is 5.69 Å². The molecular formula is C14H20N4S2. The highest BCUT2D eigenvalue weighted by atomic mass is 32.2. The second kappa shape index (κ2) is 7.75. The van der Waals surface area contributed by atoms with E-state index >= 15 is 0 Å². The number of aryl methyl sites for hydroxylation is 1. The van der Waals surface area contributed by atoms with Crippen LogP contribution in [0.5, 0.6) is 0 Å². The first-order valence-electron chi connectivity index (χ1n) is 7.01. The van der Waals surface area contributed by atoms with Gasteiger partial charge >= 0.3 is 0 Å². The van der Waals surface area contributed by atoms with Crippen LogP contribution in [-0.2, 0) is 12.8 Å². The number of nitrogens with one attached hydrogen (secondary N) is 1. The molecule has 0 aliphatic carbocycles. The van der Waals surface area contributed by atoms with E-state index in [-0.39, 0.29) is 0 Å². The van der Waals surface area contributed by atoms with Gasteiger partial charge in [0, 0.05) is 29.1 Å². The Morgan fingerprint density at radius 1 is 1.30 bits per heavy atom. The lowest BCUT2D eigenvalue weighted by Gasteiger charge is -2.21. The van der Waals surface area contributed by atoms with Crippen molar-refractivity contribution >= 4 is 29.3 Å². The van der Waals surface area contributed by atoms with Gasteiger partial charge in [-0.15, -0.1) is 5.10 Å². The lowest BCUT2D eigenvalue weighted by Crippen LogP contribution is -2.24. The van der Waals surface area contributed by atoms with Crippen molar-refractivity contribution in [3.8, 4) is 6.07 Å². The van der Waals surface area contributed by atoms with Gasteiger partial charge in [-0.25, -0.2) is 0 Å². The number of thioether (sulfide) groups is 2. The number of aromatic nitrogens is 2. The third-order valence-corrected chi connectivity index (χ3v) is 6.18. The highest BCUT2D eigenvalue weighted by molar-refractivity contribution is 8.06. The summed E-state index contributed by atoms with van der Waals surface area (Å²) in [6.45, 7) is 4.97. The fraction of sp³-hybridized carbons (Fsp3) is 0.643. The van der Waals surface area contributed by atoms with Gasteiger partial charge in [0.1, 0.15) is 11.6 Å². The van der Waals surface area contributed by atoms with Gasteiger partial charge < -0.3 is 5.32 Å². The largest absolute Gasteiger partial charge is 0.366 e. The van der Waals surface area contributed by atoms with Gasteiger partial charge in [0.15, 0.2) is 5.82 Å². The lowest BCUT2D eigenvalue weighted by atomic mass is 10.0. The highest BCUT2D eigenvalue weighted by Gasteiger charge is 2.17. The Bertz CT molecular complexity index is 493. The molecule has 20 heavy (non-hydrogen) atoms. The molecule has 0 radical (unpaired) electrons. The molecule has 1 N–H and O–H groups in total. The summed E-state index contributed by atoms with van der Waals surface area (Å²) in [5, 5.41) is 21.8. The molecule has 1 aliphatic heterocycles. The van der Waals surface area contributed by atoms with Crippen molar-refractivity contribution in [3.63, 3.8) is 0 Å². The second-order valence-corrected chi connectivity index (χ2v) is 7.17. The van der Waals surface area contributed by atoms with Crippen molar-refractivity contribution in [2.75, 3.05) is 29.1 Å². The Labute approximate surface area is 129 Å². The highest BCUT2D eigenvalue weighted by Crippen LogP contribution is 2.25. The monoisotopic (exact) mass is 308 g/mol. The summed E-state index contributed by atoms with van der Waals surface area (Å²) in [5.41, 5.74) is 2.66. The maximum atomic E-state index is 9.42. The summed E-state index contributed by atoms with van der Waals surface area (Å²) in [7, 11) is 0. The minimum absolute atomic E-state index is 0.595. The predicted molar refractivity (Wildman–Crippen MR) is 87.6 cm³/mol. The lowest BCUT2D eigenvalue weighted by molar-refractivity contribution is 0.865. The topological polar surface area (TPSA) is 61.6 Å². The van der Waals surface area contributed by atoms with E-state index in [1.54, 1.807) is 0 Å². The number of nitrogens with zero attached hydrogens (tertiary/aromatic N) is 3. The van der Waals surface area contributed by atoms with Gasteiger partial charge in [0.25, 0.3) is 0 Å². The first-order chi connectivity index (χ1) is 9.80. The van der Waals surface area contributed by atoms with E-state index in [0.29, 0.717) is 16.6 Å². The third kappa shape index (κ3) is 3.58. The predicted octanol–water partition coefficient (Wildman–Crippen LogP) is 2.73. The average Bonchev–Trinajstić information content (AvgIpc) is 2.52. The number of nitriles is 1. The van der Waals surface area contributed by atoms with Gasteiger partial charge in [0.2, 0.25) is 0 Å². The zero-order chi connectivity index (χ0) is 14.4. The number of anilines is 1. The minimum Gasteiger partial charge on any atom is -0.366 e. The molecule has 1 atom stereocenters. The number of hydrogen-bond donors (Lipinski definition) is 1. The van der Waals surface area contributed by atoms with Crippen molar-refractivity contribution < 1.29 is 0 Å². The summed E-state index contributed by atoms with van der Waals surface area (Å²) in [4.78, 5) is 0. The van der Waals surface area contributed by atoms with Crippen molar-refractivity contribution in [2.24, 2.45) is 0 Å². The molecule has 2 heterocycles. The molecule has 4 nitrogen and oxygen atoms in total. The van der Waals surface area contributed by atoms with Crippen molar-refractivity contribution in [1.82, 2.24) is 10.2 Å². The van der Waals surface area contributed by atoms with E-state index < -0.39 is 0 Å². The van der Waals surface area contributed by atoms with Crippen molar-refractivity contribution in [1.29, 1.82) is 5.26 Å². The molecule has 1 fully saturated rings. The van der Waals surface area contributed by atoms with Gasteiger partial charge in [-0.05, 0) is 18.4 Å². The molecule has 1 unspecified atom stereocenters. The van der Waals surface area contributed by atoms with E-state index in [2.05, 4.69) is 28.5 Å². The summed E-state index contributed by atoms with van der Waals surface area (Å²) in [6, 6.07) is 2.30. The van der Waals surface area contributed by atoms with Gasteiger partial charge in [-0.1, -0.05) is 13.8 Å². The molecule has 0 aromatic carbocycles. The molecule has 2 rings (SSSR count). The SMILES string of the molecule is CCc1nnc(NCC2CSCCS2)c(C#N)c1CC. The quantitative estimate of drug-likeness (QED) is 0.902. The van der Waals surface area contributed by atoms with Crippen molar-refractivity contribution in [2.45, 2.75) is 31.9 Å². The second-order valence-electron chi connectivity index (χ2n) is 4.62. The van der Waals surface area contributed by atoms with Crippen LogP contribution in [0.4, 0.5) is 5.82 Å². The Morgan fingerprint density at radius 2 is 2.15 bits per heavy atom. The van der Waals surface area contributed by atoms with Crippen LogP contribution < -0.4 is 5.32 Å². The first kappa shape index (κ1) is 15.5. The van der Waals surface area contributed by atoms with E-state index in [1.807, 2.05) is 30.4 Å². The van der Waals surface area contributed by atoms with Crippen molar-refractivity contribution in [3.05, 3.63) is 16.8 Å². The maximum Gasteiger partial charge on any atom is 0.166 e. The van der Waals surface area contributed by atoms with Crippen LogP contribution in [0.25, 0.3) is 0 Å². The Balaban J connectivity index is 2.12. The maximum absolute atomic E-state index is 9.42. The Morgan fingerprint density at radius 3 is 2.75 bits per heavy atom. The van der Waals surface area contributed by atoms with Crippen LogP contribution >= 0.6 is 23.5 Å². The molecule has 6 heteroatoms. The third-order valence-electron chi connectivity index (χ3n) is 3.34. The average molecular weight is 308 g/mol. The van der Waals surface area contributed by atoms with E-state index in [9.17, 15) is 5.26 Å². The van der Waals surface area contributed by atoms with E-state index in [1.165, 1.54) is 17.3 Å². The zero-order valence-corrected chi connectivity index (χ0v) is 13.6. The van der Waals surface area contributed by atoms with Crippen LogP contribution in [0, 0.1) is 11.3 Å².